The van der Waals surface area contributed by atoms with E-state index < -0.39 is 6.03 Å². The molecule has 0 aromatic carbocycles. The van der Waals surface area contributed by atoms with E-state index in [4.69, 9.17) is 10.5 Å². The number of carbonyl (C=O) groups is 2. The van der Waals surface area contributed by atoms with Gasteiger partial charge in [-0.25, -0.2) is 4.79 Å². The average Bonchev–Trinajstić information content (AvgIpc) is 2.92. The van der Waals surface area contributed by atoms with E-state index in [0.29, 0.717) is 24.9 Å². The summed E-state index contributed by atoms with van der Waals surface area (Å²) in [5.74, 6) is 0.620. The maximum Gasteiger partial charge on any atom is 0.312 e. The Morgan fingerprint density at radius 2 is 2.00 bits per heavy atom. The molecule has 0 aromatic rings. The zero-order valence-corrected chi connectivity index (χ0v) is 12.7. The number of hydrogen-bond acceptors (Lipinski definition) is 4. The minimum absolute atomic E-state index is 0.0953. The normalized spacial score (nSPS) is 26.8. The van der Waals surface area contributed by atoms with E-state index in [2.05, 4.69) is 17.1 Å². The lowest BCUT2D eigenvalue weighted by atomic mass is 9.99. The van der Waals surface area contributed by atoms with E-state index in [9.17, 15) is 9.59 Å². The number of ether oxygens (including phenoxy) is 1. The van der Waals surface area contributed by atoms with Crippen molar-refractivity contribution in [2.24, 2.45) is 11.7 Å². The number of urea groups is 1. The van der Waals surface area contributed by atoms with E-state index >= 15 is 0 Å². The van der Waals surface area contributed by atoms with Crippen LogP contribution in [0.5, 0.6) is 0 Å². The zero-order valence-electron chi connectivity index (χ0n) is 12.7. The molecule has 2 aliphatic heterocycles. The molecule has 2 fully saturated rings. The predicted octanol–water partition coefficient (Wildman–Crippen LogP) is -0.386. The molecule has 0 radical (unpaired) electrons. The highest BCUT2D eigenvalue weighted by atomic mass is 16.5. The van der Waals surface area contributed by atoms with Crippen molar-refractivity contribution in [2.45, 2.75) is 25.8 Å². The number of amides is 3. The minimum Gasteiger partial charge on any atom is -0.379 e. The van der Waals surface area contributed by atoms with E-state index in [1.54, 1.807) is 0 Å². The molecule has 3 N–H and O–H groups in total. The Bertz CT molecular complexity index is 371. The molecule has 2 heterocycles. The number of nitrogens with two attached hydrogens (primary N) is 1. The van der Waals surface area contributed by atoms with Crippen LogP contribution in [0.2, 0.25) is 0 Å². The van der Waals surface area contributed by atoms with Gasteiger partial charge in [0.15, 0.2) is 0 Å². The molecular formula is C14H26N4O3. The lowest BCUT2D eigenvalue weighted by Crippen LogP contribution is -2.47. The van der Waals surface area contributed by atoms with Crippen molar-refractivity contribution in [1.82, 2.24) is 15.1 Å². The van der Waals surface area contributed by atoms with Gasteiger partial charge >= 0.3 is 6.03 Å². The van der Waals surface area contributed by atoms with Crippen LogP contribution >= 0.6 is 0 Å². The highest BCUT2D eigenvalue weighted by molar-refractivity contribution is 5.78. The van der Waals surface area contributed by atoms with Gasteiger partial charge in [0.1, 0.15) is 0 Å². The Morgan fingerprint density at radius 3 is 2.62 bits per heavy atom. The summed E-state index contributed by atoms with van der Waals surface area (Å²) >= 11 is 0. The Labute approximate surface area is 125 Å². The topological polar surface area (TPSA) is 87.9 Å². The van der Waals surface area contributed by atoms with Crippen LogP contribution in [0.3, 0.4) is 0 Å². The zero-order chi connectivity index (χ0) is 15.2. The number of morpholine rings is 1. The Kier molecular flexibility index (Phi) is 5.81. The molecule has 0 spiro atoms. The van der Waals surface area contributed by atoms with Crippen LogP contribution in [0.4, 0.5) is 4.79 Å². The summed E-state index contributed by atoms with van der Waals surface area (Å²) in [5.41, 5.74) is 5.00. The van der Waals surface area contributed by atoms with Gasteiger partial charge in [0, 0.05) is 45.2 Å². The van der Waals surface area contributed by atoms with Crippen LogP contribution in [0.1, 0.15) is 19.8 Å². The quantitative estimate of drug-likeness (QED) is 0.724. The summed E-state index contributed by atoms with van der Waals surface area (Å²) < 4.78 is 5.40. The Balaban J connectivity index is 1.85. The second-order valence-electron chi connectivity index (χ2n) is 5.72. The molecule has 21 heavy (non-hydrogen) atoms. The molecule has 120 valence electrons. The summed E-state index contributed by atoms with van der Waals surface area (Å²) in [6.45, 7) is 7.55. The van der Waals surface area contributed by atoms with Gasteiger partial charge in [0.25, 0.3) is 0 Å². The smallest absolute Gasteiger partial charge is 0.312 e. The first-order valence-electron chi connectivity index (χ1n) is 7.74. The van der Waals surface area contributed by atoms with Crippen LogP contribution in [-0.2, 0) is 9.53 Å². The number of hydrogen-bond donors (Lipinski definition) is 2. The maximum absolute atomic E-state index is 12.2. The Morgan fingerprint density at radius 1 is 1.29 bits per heavy atom. The van der Waals surface area contributed by atoms with Crippen molar-refractivity contribution in [3.63, 3.8) is 0 Å². The third kappa shape index (κ3) is 4.31. The lowest BCUT2D eigenvalue weighted by Gasteiger charge is -2.34. The standard InChI is InChI=1S/C14H26N4O3/c1-2-11-9-18(13(19)3-4-16-14(15)20)10-12(11)17-5-7-21-8-6-17/h11-12H,2-10H2,1H3,(H3,15,16,20)/t11-,12-/m1/s1. The van der Waals surface area contributed by atoms with Gasteiger partial charge in [0.05, 0.1) is 13.2 Å². The Hall–Kier alpha value is -1.34. The number of nitrogens with one attached hydrogen (secondary N) is 1. The fourth-order valence-electron chi connectivity index (χ4n) is 3.23. The van der Waals surface area contributed by atoms with Crippen molar-refractivity contribution in [3.8, 4) is 0 Å². The van der Waals surface area contributed by atoms with Gasteiger partial charge in [-0.15, -0.1) is 0 Å². The van der Waals surface area contributed by atoms with Gasteiger partial charge in [-0.2, -0.15) is 0 Å². The molecule has 0 unspecified atom stereocenters. The first-order valence-corrected chi connectivity index (χ1v) is 7.74. The van der Waals surface area contributed by atoms with Crippen LogP contribution in [0, 0.1) is 5.92 Å². The van der Waals surface area contributed by atoms with E-state index in [1.165, 1.54) is 0 Å². The highest BCUT2D eigenvalue weighted by Crippen LogP contribution is 2.25. The van der Waals surface area contributed by atoms with Gasteiger partial charge in [0.2, 0.25) is 5.91 Å². The second-order valence-corrected chi connectivity index (χ2v) is 5.72. The monoisotopic (exact) mass is 298 g/mol. The summed E-state index contributed by atoms with van der Waals surface area (Å²) in [4.78, 5) is 27.2. The molecule has 2 atom stereocenters. The SMILES string of the molecule is CC[C@@H]1CN(C(=O)CCNC(N)=O)C[C@H]1N1CCOCC1. The van der Waals surface area contributed by atoms with Crippen molar-refractivity contribution in [2.75, 3.05) is 45.9 Å². The molecule has 7 nitrogen and oxygen atoms in total. The molecule has 0 bridgehead atoms. The van der Waals surface area contributed by atoms with E-state index in [-0.39, 0.29) is 5.91 Å². The minimum atomic E-state index is -0.582. The molecular weight excluding hydrogens is 272 g/mol. The van der Waals surface area contributed by atoms with Crippen molar-refractivity contribution in [1.29, 1.82) is 0 Å². The van der Waals surface area contributed by atoms with Crippen molar-refractivity contribution >= 4 is 11.9 Å². The molecule has 3 amide bonds. The van der Waals surface area contributed by atoms with Gasteiger partial charge in [-0.1, -0.05) is 13.3 Å². The first kappa shape index (κ1) is 16.0. The van der Waals surface area contributed by atoms with Gasteiger partial charge in [-0.05, 0) is 5.92 Å². The maximum atomic E-state index is 12.2. The highest BCUT2D eigenvalue weighted by Gasteiger charge is 2.37. The number of nitrogens with zero attached hydrogens (tertiary/aromatic N) is 2. The number of likely N-dealkylation sites (tertiary alicyclic amines) is 1. The molecule has 7 heteroatoms. The lowest BCUT2D eigenvalue weighted by molar-refractivity contribution is -0.130. The largest absolute Gasteiger partial charge is 0.379 e. The number of carbonyl (C=O) groups excluding carboxylic acids is 2. The molecule has 2 aliphatic rings. The number of primary amides is 1. The second kappa shape index (κ2) is 7.61. The third-order valence-corrected chi connectivity index (χ3v) is 4.44. The van der Waals surface area contributed by atoms with Crippen LogP contribution < -0.4 is 11.1 Å². The molecule has 0 saturated carbocycles. The van der Waals surface area contributed by atoms with Gasteiger partial charge in [-0.3, -0.25) is 9.69 Å². The van der Waals surface area contributed by atoms with Crippen LogP contribution in [0.25, 0.3) is 0 Å². The van der Waals surface area contributed by atoms with Crippen LogP contribution in [0.15, 0.2) is 0 Å². The molecule has 0 aromatic heterocycles. The van der Waals surface area contributed by atoms with E-state index in [0.717, 1.165) is 45.8 Å². The fraction of sp³-hybridized carbons (Fsp3) is 0.857. The van der Waals surface area contributed by atoms with Crippen molar-refractivity contribution < 1.29 is 14.3 Å². The predicted molar refractivity (Wildman–Crippen MR) is 78.7 cm³/mol. The fourth-order valence-corrected chi connectivity index (χ4v) is 3.23. The average molecular weight is 298 g/mol. The summed E-state index contributed by atoms with van der Waals surface area (Å²) in [6.07, 6.45) is 1.39. The van der Waals surface area contributed by atoms with Crippen molar-refractivity contribution in [3.05, 3.63) is 0 Å². The molecule has 0 aliphatic carbocycles. The number of rotatable bonds is 5. The summed E-state index contributed by atoms with van der Waals surface area (Å²) in [5, 5.41) is 2.46. The molecule has 2 saturated heterocycles. The third-order valence-electron chi connectivity index (χ3n) is 4.44. The van der Waals surface area contributed by atoms with Crippen LogP contribution in [-0.4, -0.2) is 73.7 Å². The summed E-state index contributed by atoms with van der Waals surface area (Å²) in [7, 11) is 0. The summed E-state index contributed by atoms with van der Waals surface area (Å²) in [6, 6.07) is -0.145. The first-order chi connectivity index (χ1) is 10.1. The van der Waals surface area contributed by atoms with Gasteiger partial charge < -0.3 is 20.7 Å². The van der Waals surface area contributed by atoms with E-state index in [1.807, 2.05) is 4.90 Å². The molecule has 2 rings (SSSR count).